The Bertz CT molecular complexity index is 1590. The quantitative estimate of drug-likeness (QED) is 0.134. The highest BCUT2D eigenvalue weighted by Gasteiger charge is 2.31. The van der Waals surface area contributed by atoms with Crippen molar-refractivity contribution >= 4 is 11.5 Å². The average molecular weight is 631 g/mol. The summed E-state index contributed by atoms with van der Waals surface area (Å²) >= 11 is 0. The van der Waals surface area contributed by atoms with Gasteiger partial charge in [0.2, 0.25) is 5.82 Å². The van der Waals surface area contributed by atoms with Crippen molar-refractivity contribution in [1.29, 1.82) is 0 Å². The van der Waals surface area contributed by atoms with Crippen molar-refractivity contribution in [2.45, 2.75) is 83.7 Å². The molecule has 2 aliphatic rings. The average Bonchev–Trinajstić information content (AvgIpc) is 3.04. The van der Waals surface area contributed by atoms with Gasteiger partial charge in [0.15, 0.2) is 34.8 Å². The van der Waals surface area contributed by atoms with Crippen LogP contribution in [0.5, 0.6) is 5.75 Å². The minimum Gasteiger partial charge on any atom is -0.490 e. The van der Waals surface area contributed by atoms with Crippen molar-refractivity contribution in [3.63, 3.8) is 0 Å². The zero-order valence-electron chi connectivity index (χ0n) is 25.3. The number of ether oxygens (including phenoxy) is 2. The maximum atomic E-state index is 15.2. The van der Waals surface area contributed by atoms with Gasteiger partial charge in [-0.05, 0) is 93.0 Å². The van der Waals surface area contributed by atoms with Gasteiger partial charge in [0.05, 0.1) is 12.5 Å². The Balaban J connectivity index is 1.19. The van der Waals surface area contributed by atoms with Gasteiger partial charge in [-0.1, -0.05) is 43.7 Å². The van der Waals surface area contributed by atoms with Crippen LogP contribution in [0.1, 0.15) is 87.3 Å². The third-order valence-electron chi connectivity index (χ3n) is 8.97. The van der Waals surface area contributed by atoms with Gasteiger partial charge < -0.3 is 9.47 Å². The number of allylic oxidation sites excluding steroid dienone is 2. The van der Waals surface area contributed by atoms with Crippen LogP contribution in [0.4, 0.5) is 26.3 Å². The van der Waals surface area contributed by atoms with E-state index in [1.165, 1.54) is 31.2 Å². The summed E-state index contributed by atoms with van der Waals surface area (Å²) in [5, 5.41) is 0. The molecule has 1 atom stereocenters. The van der Waals surface area contributed by atoms with Crippen molar-refractivity contribution in [2.24, 2.45) is 5.92 Å². The number of benzene rings is 3. The van der Waals surface area contributed by atoms with Crippen molar-refractivity contribution in [3.8, 4) is 16.9 Å². The van der Waals surface area contributed by atoms with Crippen molar-refractivity contribution < 1.29 is 40.6 Å². The number of rotatable bonds is 9. The lowest BCUT2D eigenvalue weighted by atomic mass is 9.82. The largest absolute Gasteiger partial charge is 0.490 e. The minimum atomic E-state index is -1.32. The van der Waals surface area contributed by atoms with Gasteiger partial charge in [-0.3, -0.25) is 4.79 Å². The lowest BCUT2D eigenvalue weighted by Gasteiger charge is -2.30. The van der Waals surface area contributed by atoms with Crippen molar-refractivity contribution in [3.05, 3.63) is 94.1 Å². The Labute approximate surface area is 259 Å². The highest BCUT2D eigenvalue weighted by Crippen LogP contribution is 2.39. The maximum Gasteiger partial charge on any atom is 0.309 e. The number of aryl methyl sites for hydroxylation is 1. The molecule has 1 fully saturated rings. The van der Waals surface area contributed by atoms with Gasteiger partial charge in [-0.2, -0.15) is 4.39 Å². The van der Waals surface area contributed by atoms with Gasteiger partial charge in [-0.25, -0.2) is 22.0 Å². The zero-order chi connectivity index (χ0) is 32.2. The first-order chi connectivity index (χ1) is 21.6. The van der Waals surface area contributed by atoms with Crippen molar-refractivity contribution in [2.75, 3.05) is 6.61 Å². The molecule has 0 radical (unpaired) electrons. The summed E-state index contributed by atoms with van der Waals surface area (Å²) < 4.78 is 99.3. The monoisotopic (exact) mass is 630 g/mol. The maximum absolute atomic E-state index is 15.2. The normalized spacial score (nSPS) is 20.1. The van der Waals surface area contributed by atoms with Crippen LogP contribution in [-0.2, 0) is 9.53 Å². The molecule has 1 unspecified atom stereocenters. The van der Waals surface area contributed by atoms with Crippen LogP contribution in [-0.4, -0.2) is 18.7 Å². The van der Waals surface area contributed by atoms with Gasteiger partial charge in [-0.15, -0.1) is 0 Å². The Hall–Kier alpha value is -3.75. The van der Waals surface area contributed by atoms with Crippen molar-refractivity contribution in [1.82, 2.24) is 0 Å². The first-order valence-electron chi connectivity index (χ1n) is 15.5. The molecule has 3 aromatic carbocycles. The highest BCUT2D eigenvalue weighted by atomic mass is 19.2. The molecule has 5 rings (SSSR count). The van der Waals surface area contributed by atoms with Crippen LogP contribution in [0, 0.1) is 47.7 Å². The summed E-state index contributed by atoms with van der Waals surface area (Å²) in [6, 6.07) is 8.12. The van der Waals surface area contributed by atoms with E-state index < -0.39 is 51.9 Å². The van der Waals surface area contributed by atoms with Gasteiger partial charge >= 0.3 is 5.97 Å². The third-order valence-corrected chi connectivity index (χ3v) is 8.97. The van der Waals surface area contributed by atoms with E-state index in [9.17, 15) is 22.4 Å². The lowest BCUT2D eigenvalue weighted by molar-refractivity contribution is -0.156. The molecule has 2 aliphatic carbocycles. The lowest BCUT2D eigenvalue weighted by Crippen LogP contribution is -2.28. The van der Waals surface area contributed by atoms with E-state index in [1.807, 2.05) is 6.92 Å². The Kier molecular flexibility index (Phi) is 10.2. The molecule has 0 bridgehead atoms. The zero-order valence-corrected chi connectivity index (χ0v) is 25.3. The van der Waals surface area contributed by atoms with Crippen LogP contribution in [0.3, 0.4) is 0 Å². The Morgan fingerprint density at radius 2 is 1.40 bits per heavy atom. The summed E-state index contributed by atoms with van der Waals surface area (Å²) in [7, 11) is 0. The van der Waals surface area contributed by atoms with Crippen LogP contribution >= 0.6 is 0 Å². The summed E-state index contributed by atoms with van der Waals surface area (Å²) in [5.74, 6) is -7.94. The molecule has 0 heterocycles. The SMILES string of the molecule is CCCCOc1ccc(-c2ccc(C3=CCC(C(=O)OC4CCC(c5ccc(C)c(F)c5F)CC4)CC3)c(F)c2F)c(F)c1F. The predicted octanol–water partition coefficient (Wildman–Crippen LogP) is 10.1. The molecule has 240 valence electrons. The second-order valence-corrected chi connectivity index (χ2v) is 11.9. The number of halogens is 6. The molecule has 1 saturated carbocycles. The molecular formula is C36H36F6O3. The van der Waals surface area contributed by atoms with E-state index >= 15 is 8.78 Å². The number of hydrogen-bond donors (Lipinski definition) is 0. The highest BCUT2D eigenvalue weighted by molar-refractivity contribution is 5.77. The molecule has 9 heteroatoms. The predicted molar refractivity (Wildman–Crippen MR) is 160 cm³/mol. The van der Waals surface area contributed by atoms with E-state index in [-0.39, 0.29) is 47.9 Å². The second kappa shape index (κ2) is 14.1. The third kappa shape index (κ3) is 6.92. The number of carbonyl (C=O) groups is 1. The van der Waals surface area contributed by atoms with Crippen LogP contribution in [0.2, 0.25) is 0 Å². The number of hydrogen-bond acceptors (Lipinski definition) is 3. The number of esters is 1. The van der Waals surface area contributed by atoms with E-state index in [4.69, 9.17) is 9.47 Å². The van der Waals surface area contributed by atoms with Gasteiger partial charge in [0.25, 0.3) is 0 Å². The molecule has 45 heavy (non-hydrogen) atoms. The van der Waals surface area contributed by atoms with Gasteiger partial charge in [0, 0.05) is 16.7 Å². The molecule has 3 nitrogen and oxygen atoms in total. The van der Waals surface area contributed by atoms with Gasteiger partial charge in [0.1, 0.15) is 6.10 Å². The van der Waals surface area contributed by atoms with E-state index in [2.05, 4.69) is 0 Å². The minimum absolute atomic E-state index is 0.00145. The Morgan fingerprint density at radius 3 is 2.07 bits per heavy atom. The fraction of sp³-hybridized carbons (Fsp3) is 0.417. The van der Waals surface area contributed by atoms with E-state index in [1.54, 1.807) is 18.2 Å². The summed E-state index contributed by atoms with van der Waals surface area (Å²) in [6.07, 6.45) is 5.99. The fourth-order valence-corrected chi connectivity index (χ4v) is 6.20. The van der Waals surface area contributed by atoms with Crippen LogP contribution in [0.15, 0.2) is 42.5 Å². The molecule has 0 aromatic heterocycles. The van der Waals surface area contributed by atoms with Crippen LogP contribution in [0.25, 0.3) is 16.7 Å². The molecular weight excluding hydrogens is 594 g/mol. The molecule has 3 aromatic rings. The first-order valence-corrected chi connectivity index (χ1v) is 15.5. The Morgan fingerprint density at radius 1 is 0.756 bits per heavy atom. The molecule has 0 saturated heterocycles. The standard InChI is InChI=1S/C36H36F6O3/c1-3-4-19-44-29-18-17-28(34(41)35(29)42)27-16-15-26(32(39)33(27)40)21-6-8-23(9-7-21)36(43)45-24-12-10-22(11-13-24)25-14-5-20(2)30(37)31(25)38/h5-6,14-18,22-24H,3-4,7-13,19H2,1-2H3. The fourth-order valence-electron chi connectivity index (χ4n) is 6.20. The summed E-state index contributed by atoms with van der Waals surface area (Å²) in [5.41, 5.74) is 0.310. The summed E-state index contributed by atoms with van der Waals surface area (Å²) in [6.45, 7) is 3.65. The molecule has 0 amide bonds. The first kappa shape index (κ1) is 32.6. The molecule has 0 aliphatic heterocycles. The topological polar surface area (TPSA) is 35.5 Å². The summed E-state index contributed by atoms with van der Waals surface area (Å²) in [4.78, 5) is 12.9. The van der Waals surface area contributed by atoms with Crippen LogP contribution < -0.4 is 4.74 Å². The molecule has 0 N–H and O–H groups in total. The van der Waals surface area contributed by atoms with E-state index in [0.717, 1.165) is 6.42 Å². The number of unbranched alkanes of at least 4 members (excludes halogenated alkanes) is 1. The van der Waals surface area contributed by atoms with E-state index in [0.29, 0.717) is 56.1 Å². The smallest absolute Gasteiger partial charge is 0.309 e. The number of carbonyl (C=O) groups excluding carboxylic acids is 1. The molecule has 0 spiro atoms. The second-order valence-electron chi connectivity index (χ2n) is 11.9.